The number of rotatable bonds is 8. The van der Waals surface area contributed by atoms with Crippen LogP contribution in [-0.2, 0) is 18.9 Å². The average molecular weight is 764 g/mol. The van der Waals surface area contributed by atoms with E-state index in [1.165, 1.54) is 15.6 Å². The van der Waals surface area contributed by atoms with Crippen LogP contribution in [-0.4, -0.2) is 54.9 Å². The molecule has 6 unspecified atom stereocenters. The lowest BCUT2D eigenvalue weighted by Crippen LogP contribution is -2.51. The van der Waals surface area contributed by atoms with Gasteiger partial charge in [0.1, 0.15) is 35.9 Å². The number of aromatic nitrogens is 6. The zero-order chi connectivity index (χ0) is 33.5. The average Bonchev–Trinajstić information content (AvgIpc) is 3.83. The van der Waals surface area contributed by atoms with Crippen LogP contribution in [0, 0.1) is 24.4 Å². The van der Waals surface area contributed by atoms with E-state index in [0.717, 1.165) is 17.7 Å². The van der Waals surface area contributed by atoms with Gasteiger partial charge in [0.2, 0.25) is 0 Å². The Morgan fingerprint density at radius 3 is 2.52 bits per heavy atom. The van der Waals surface area contributed by atoms with Crippen LogP contribution >= 0.6 is 39.1 Å². The molecular weight excluding hydrogens is 740 g/mol. The topological polar surface area (TPSA) is 98.3 Å². The molecule has 2 aliphatic heterocycles. The fourth-order valence-corrected chi connectivity index (χ4v) is 6.26. The highest BCUT2D eigenvalue weighted by Crippen LogP contribution is 2.48. The molecule has 4 heterocycles. The van der Waals surface area contributed by atoms with Gasteiger partial charge in [-0.3, -0.25) is 0 Å². The smallest absolute Gasteiger partial charge is 0.194 e. The number of ether oxygens (including phenoxy) is 4. The maximum atomic E-state index is 14.2. The lowest BCUT2D eigenvalue weighted by molar-refractivity contribution is -0.244. The van der Waals surface area contributed by atoms with Gasteiger partial charge in [-0.2, -0.15) is 5.10 Å². The highest BCUT2D eigenvalue weighted by Gasteiger charge is 2.56. The lowest BCUT2D eigenvalue weighted by atomic mass is 9.95. The third-order valence-corrected chi connectivity index (χ3v) is 8.76. The van der Waals surface area contributed by atoms with Gasteiger partial charge in [-0.15, -0.1) is 5.10 Å². The summed E-state index contributed by atoms with van der Waals surface area (Å²) >= 11 is 16.2. The normalized spacial score (nSPS) is 24.0. The molecule has 0 spiro atoms. The van der Waals surface area contributed by atoms with E-state index in [4.69, 9.17) is 47.1 Å². The summed E-state index contributed by atoms with van der Waals surface area (Å²) in [5.41, 5.74) is 1.26. The first-order chi connectivity index (χ1) is 23.2. The highest BCUT2D eigenvalue weighted by atomic mass is 79.9. The predicted octanol–water partition coefficient (Wildman–Crippen LogP) is 7.61. The van der Waals surface area contributed by atoms with Gasteiger partial charge in [-0.05, 0) is 42.2 Å². The SMILES string of the molecule is Cc1nc(C2OC3OC(c4ccccc4)OC3C(n3cc(-c4cc(F)c(F)c(F)c4)nn3)C2OC/C=C/Br)n(-c2cc(Cl)ccc2Cl)n1. The Morgan fingerprint density at radius 1 is 1.00 bits per heavy atom. The van der Waals surface area contributed by atoms with E-state index >= 15 is 0 Å². The van der Waals surface area contributed by atoms with Crippen molar-refractivity contribution in [1.82, 2.24) is 29.8 Å². The lowest BCUT2D eigenvalue weighted by Gasteiger charge is -2.41. The second kappa shape index (κ2) is 13.7. The molecule has 2 fully saturated rings. The van der Waals surface area contributed by atoms with E-state index in [9.17, 15) is 13.2 Å². The maximum absolute atomic E-state index is 14.2. The number of halogens is 6. The van der Waals surface area contributed by atoms with E-state index in [2.05, 4.69) is 31.3 Å². The third-order valence-electron chi connectivity index (χ3n) is 7.83. The molecule has 0 aliphatic carbocycles. The van der Waals surface area contributed by atoms with E-state index < -0.39 is 54.4 Å². The number of hydrogen-bond donors (Lipinski definition) is 0. The summed E-state index contributed by atoms with van der Waals surface area (Å²) in [6.07, 6.45) is -1.29. The largest absolute Gasteiger partial charge is 0.369 e. The molecule has 2 aliphatic rings. The third kappa shape index (κ3) is 6.29. The molecule has 10 nitrogen and oxygen atoms in total. The van der Waals surface area contributed by atoms with Gasteiger partial charge in [0.05, 0.1) is 23.5 Å². The molecule has 5 aromatic rings. The molecule has 248 valence electrons. The van der Waals surface area contributed by atoms with Gasteiger partial charge in [-0.25, -0.2) is 27.5 Å². The van der Waals surface area contributed by atoms with Crippen LogP contribution in [0.3, 0.4) is 0 Å². The van der Waals surface area contributed by atoms with Crippen molar-refractivity contribution in [3.05, 3.63) is 123 Å². The first kappa shape index (κ1) is 32.9. The summed E-state index contributed by atoms with van der Waals surface area (Å²) in [5, 5.41) is 13.9. The van der Waals surface area contributed by atoms with Gasteiger partial charge < -0.3 is 18.9 Å². The molecule has 0 radical (unpaired) electrons. The molecule has 48 heavy (non-hydrogen) atoms. The van der Waals surface area contributed by atoms with E-state index in [-0.39, 0.29) is 17.9 Å². The summed E-state index contributed by atoms with van der Waals surface area (Å²) in [6, 6.07) is 15.1. The van der Waals surface area contributed by atoms with Crippen molar-refractivity contribution < 1.29 is 32.1 Å². The quantitative estimate of drug-likeness (QED) is 0.149. The van der Waals surface area contributed by atoms with Crippen molar-refractivity contribution in [1.29, 1.82) is 0 Å². The Balaban J connectivity index is 1.36. The second-order valence-electron chi connectivity index (χ2n) is 10.9. The number of benzene rings is 3. The van der Waals surface area contributed by atoms with Crippen LogP contribution in [0.15, 0.2) is 77.9 Å². The Hall–Kier alpha value is -3.63. The minimum absolute atomic E-state index is 0.0192. The van der Waals surface area contributed by atoms with Crippen LogP contribution in [0.5, 0.6) is 0 Å². The fourth-order valence-electron chi connectivity index (χ4n) is 5.74. The minimum atomic E-state index is -1.59. The summed E-state index contributed by atoms with van der Waals surface area (Å²) < 4.78 is 71.0. The van der Waals surface area contributed by atoms with Gasteiger partial charge in [0.25, 0.3) is 0 Å². The number of nitrogens with zero attached hydrogens (tertiary/aromatic N) is 6. The first-order valence-electron chi connectivity index (χ1n) is 14.6. The Bertz CT molecular complexity index is 1960. The molecule has 16 heteroatoms. The van der Waals surface area contributed by atoms with Gasteiger partial charge in [0.15, 0.2) is 35.9 Å². The minimum Gasteiger partial charge on any atom is -0.369 e. The number of aryl methyl sites for hydroxylation is 1. The zero-order valence-corrected chi connectivity index (χ0v) is 27.9. The van der Waals surface area contributed by atoms with Crippen molar-refractivity contribution >= 4 is 39.1 Å². The predicted molar refractivity (Wildman–Crippen MR) is 171 cm³/mol. The molecule has 0 saturated carbocycles. The van der Waals surface area contributed by atoms with E-state index in [1.807, 2.05) is 30.3 Å². The van der Waals surface area contributed by atoms with Crippen molar-refractivity contribution in [2.24, 2.45) is 0 Å². The molecule has 7 rings (SSSR count). The Kier molecular flexibility index (Phi) is 9.39. The van der Waals surface area contributed by atoms with Gasteiger partial charge in [-0.1, -0.05) is 80.8 Å². The monoisotopic (exact) mass is 762 g/mol. The summed E-state index contributed by atoms with van der Waals surface area (Å²) in [7, 11) is 0. The summed E-state index contributed by atoms with van der Waals surface area (Å²) in [6.45, 7) is 1.84. The molecule has 6 atom stereocenters. The Labute approximate surface area is 290 Å². The molecule has 0 N–H and O–H groups in total. The molecule has 2 saturated heterocycles. The van der Waals surface area contributed by atoms with Crippen LogP contribution in [0.4, 0.5) is 13.2 Å². The van der Waals surface area contributed by atoms with Gasteiger partial charge >= 0.3 is 0 Å². The fraction of sp³-hybridized carbons (Fsp3) is 0.250. The number of hydrogen-bond acceptors (Lipinski definition) is 8. The van der Waals surface area contributed by atoms with Crippen LogP contribution in [0.1, 0.15) is 35.6 Å². The van der Waals surface area contributed by atoms with E-state index in [0.29, 0.717) is 27.4 Å². The molecular formula is C32H24BrCl2F3N6O4. The first-order valence-corrected chi connectivity index (χ1v) is 16.2. The Morgan fingerprint density at radius 2 is 1.77 bits per heavy atom. The van der Waals surface area contributed by atoms with Crippen molar-refractivity contribution in [3.63, 3.8) is 0 Å². The summed E-state index contributed by atoms with van der Waals surface area (Å²) in [4.78, 5) is 6.36. The molecule has 3 aromatic carbocycles. The maximum Gasteiger partial charge on any atom is 0.194 e. The second-order valence-corrected chi connectivity index (χ2v) is 12.3. The van der Waals surface area contributed by atoms with Crippen molar-refractivity contribution in [3.8, 4) is 16.9 Å². The van der Waals surface area contributed by atoms with Crippen LogP contribution < -0.4 is 0 Å². The van der Waals surface area contributed by atoms with Crippen LogP contribution in [0.25, 0.3) is 16.9 Å². The zero-order valence-electron chi connectivity index (χ0n) is 24.8. The van der Waals surface area contributed by atoms with Gasteiger partial charge in [0, 0.05) is 16.1 Å². The highest BCUT2D eigenvalue weighted by molar-refractivity contribution is 9.11. The van der Waals surface area contributed by atoms with Crippen molar-refractivity contribution in [2.45, 2.75) is 43.9 Å². The van der Waals surface area contributed by atoms with Crippen LogP contribution in [0.2, 0.25) is 10.0 Å². The summed E-state index contributed by atoms with van der Waals surface area (Å²) in [5.74, 6) is -3.57. The number of fused-ring (bicyclic) bond motifs is 1. The standard InChI is InChI=1S/C32H24BrCl2F3N6O4/c1-16-39-30(44(41-16)24-14-19(34)8-9-20(24)35)29-27(45-11-5-10-33)26(28-32(47-29)48-31(46-28)17-6-3-2-4-7-17)43-15-23(40-42-43)18-12-21(36)25(38)22(37)13-18/h2-10,12-15,26-29,31-32H,11H2,1H3/b10-5+. The van der Waals surface area contributed by atoms with E-state index in [1.54, 1.807) is 36.2 Å². The molecule has 0 amide bonds. The molecule has 0 bridgehead atoms. The molecule has 2 aromatic heterocycles. The van der Waals surface area contributed by atoms with Crippen molar-refractivity contribution in [2.75, 3.05) is 6.61 Å².